The number of nitrogens with one attached hydrogen (secondary N) is 2. The van der Waals surface area contributed by atoms with E-state index in [9.17, 15) is 0 Å². The first-order valence-electron chi connectivity index (χ1n) is 6.29. The molecule has 0 saturated heterocycles. The largest absolute Gasteiger partial charge is 0.314 e. The standard InChI is InChI=1S/C14H16BrN3/c1-16-8-12-13(15)14(18-17-12)11-6-5-9-3-2-4-10(9)7-11/h5-7,16H,2-4,8H2,1H3,(H,17,18). The first-order chi connectivity index (χ1) is 8.79. The van der Waals surface area contributed by atoms with Crippen molar-refractivity contribution in [1.29, 1.82) is 0 Å². The Hall–Kier alpha value is -1.13. The molecule has 0 radical (unpaired) electrons. The van der Waals surface area contributed by atoms with Crippen molar-refractivity contribution < 1.29 is 0 Å². The van der Waals surface area contributed by atoms with E-state index in [4.69, 9.17) is 0 Å². The molecule has 3 rings (SSSR count). The van der Waals surface area contributed by atoms with Crippen LogP contribution >= 0.6 is 15.9 Å². The van der Waals surface area contributed by atoms with Crippen LogP contribution in [0.15, 0.2) is 22.7 Å². The molecular weight excluding hydrogens is 290 g/mol. The Bertz CT molecular complexity index is 574. The summed E-state index contributed by atoms with van der Waals surface area (Å²) in [5.41, 5.74) is 6.28. The number of aromatic nitrogens is 2. The van der Waals surface area contributed by atoms with E-state index in [0.29, 0.717) is 0 Å². The summed E-state index contributed by atoms with van der Waals surface area (Å²) in [6.07, 6.45) is 3.71. The number of H-pyrrole nitrogens is 1. The molecule has 1 aromatic heterocycles. The lowest BCUT2D eigenvalue weighted by Crippen LogP contribution is -2.05. The average Bonchev–Trinajstić information content (AvgIpc) is 2.97. The minimum Gasteiger partial charge on any atom is -0.314 e. The van der Waals surface area contributed by atoms with E-state index in [1.165, 1.54) is 36.0 Å². The Morgan fingerprint density at radius 2 is 2.17 bits per heavy atom. The lowest BCUT2D eigenvalue weighted by Gasteiger charge is -2.03. The predicted octanol–water partition coefficient (Wildman–Crippen LogP) is 3.05. The van der Waals surface area contributed by atoms with Gasteiger partial charge in [0.1, 0.15) is 5.69 Å². The molecule has 2 aromatic rings. The van der Waals surface area contributed by atoms with E-state index >= 15 is 0 Å². The minimum atomic E-state index is 0.790. The third kappa shape index (κ3) is 1.99. The van der Waals surface area contributed by atoms with E-state index in [1.807, 2.05) is 7.05 Å². The fourth-order valence-corrected chi connectivity index (χ4v) is 3.12. The van der Waals surface area contributed by atoms with Crippen LogP contribution in [0.2, 0.25) is 0 Å². The molecule has 3 nitrogen and oxygen atoms in total. The molecule has 94 valence electrons. The van der Waals surface area contributed by atoms with Gasteiger partial charge in [0.05, 0.1) is 10.2 Å². The highest BCUT2D eigenvalue weighted by molar-refractivity contribution is 9.10. The third-order valence-corrected chi connectivity index (χ3v) is 4.36. The van der Waals surface area contributed by atoms with Crippen LogP contribution in [0.1, 0.15) is 23.2 Å². The Labute approximate surface area is 115 Å². The number of benzene rings is 1. The highest BCUT2D eigenvalue weighted by atomic mass is 79.9. The van der Waals surface area contributed by atoms with E-state index in [0.717, 1.165) is 22.4 Å². The van der Waals surface area contributed by atoms with Crippen LogP contribution in [-0.2, 0) is 19.4 Å². The van der Waals surface area contributed by atoms with Crippen molar-refractivity contribution >= 4 is 15.9 Å². The summed E-state index contributed by atoms with van der Waals surface area (Å²) in [6, 6.07) is 6.71. The van der Waals surface area contributed by atoms with Crippen molar-refractivity contribution in [1.82, 2.24) is 15.5 Å². The van der Waals surface area contributed by atoms with E-state index in [1.54, 1.807) is 0 Å². The molecule has 1 aliphatic rings. The summed E-state index contributed by atoms with van der Waals surface area (Å²) in [7, 11) is 1.93. The fourth-order valence-electron chi connectivity index (χ4n) is 2.57. The highest BCUT2D eigenvalue weighted by Crippen LogP contribution is 2.32. The molecule has 0 spiro atoms. The molecule has 0 unspecified atom stereocenters. The second-order valence-electron chi connectivity index (χ2n) is 4.73. The first-order valence-corrected chi connectivity index (χ1v) is 7.08. The van der Waals surface area contributed by atoms with Gasteiger partial charge in [0, 0.05) is 12.1 Å². The van der Waals surface area contributed by atoms with Crippen LogP contribution in [0.25, 0.3) is 11.3 Å². The number of halogens is 1. The zero-order chi connectivity index (χ0) is 12.5. The van der Waals surface area contributed by atoms with Gasteiger partial charge >= 0.3 is 0 Å². The van der Waals surface area contributed by atoms with Crippen molar-refractivity contribution in [3.05, 3.63) is 39.5 Å². The third-order valence-electron chi connectivity index (χ3n) is 3.50. The van der Waals surface area contributed by atoms with E-state index in [-0.39, 0.29) is 0 Å². The van der Waals surface area contributed by atoms with Crippen molar-refractivity contribution in [3.8, 4) is 11.3 Å². The van der Waals surface area contributed by atoms with E-state index < -0.39 is 0 Å². The van der Waals surface area contributed by atoms with Gasteiger partial charge in [0.25, 0.3) is 0 Å². The number of nitrogens with zero attached hydrogens (tertiary/aromatic N) is 1. The SMILES string of the molecule is CNCc1[nH]nc(-c2ccc3c(c2)CCC3)c1Br. The molecule has 1 aliphatic carbocycles. The number of aromatic amines is 1. The first kappa shape index (κ1) is 11.9. The van der Waals surface area contributed by atoms with Crippen LogP contribution in [0, 0.1) is 0 Å². The summed E-state index contributed by atoms with van der Waals surface area (Å²) in [4.78, 5) is 0. The smallest absolute Gasteiger partial charge is 0.107 e. The van der Waals surface area contributed by atoms with Gasteiger partial charge in [-0.1, -0.05) is 12.1 Å². The Morgan fingerprint density at radius 1 is 1.33 bits per heavy atom. The average molecular weight is 306 g/mol. The fraction of sp³-hybridized carbons (Fsp3) is 0.357. The predicted molar refractivity (Wildman–Crippen MR) is 76.5 cm³/mol. The summed E-state index contributed by atoms with van der Waals surface area (Å²) >= 11 is 3.64. The van der Waals surface area contributed by atoms with E-state index in [2.05, 4.69) is 49.6 Å². The molecule has 0 saturated carbocycles. The summed E-state index contributed by atoms with van der Waals surface area (Å²) in [5, 5.41) is 10.6. The Balaban J connectivity index is 1.99. The van der Waals surface area contributed by atoms with Gasteiger partial charge in [0.2, 0.25) is 0 Å². The van der Waals surface area contributed by atoms with Crippen LogP contribution in [0.4, 0.5) is 0 Å². The number of aryl methyl sites for hydroxylation is 2. The highest BCUT2D eigenvalue weighted by Gasteiger charge is 2.15. The van der Waals surface area contributed by atoms with Gasteiger partial charge in [-0.2, -0.15) is 5.10 Å². The summed E-state index contributed by atoms with van der Waals surface area (Å²) in [6.45, 7) is 0.790. The van der Waals surface area contributed by atoms with Gasteiger partial charge < -0.3 is 5.32 Å². The molecule has 4 heteroatoms. The van der Waals surface area contributed by atoms with Crippen LogP contribution in [0.3, 0.4) is 0 Å². The monoisotopic (exact) mass is 305 g/mol. The molecular formula is C14H16BrN3. The van der Waals surface area contributed by atoms with Gasteiger partial charge in [-0.3, -0.25) is 5.10 Å². The van der Waals surface area contributed by atoms with Crippen LogP contribution < -0.4 is 5.32 Å². The lowest BCUT2D eigenvalue weighted by molar-refractivity contribution is 0.781. The normalized spacial score (nSPS) is 13.9. The second kappa shape index (κ2) is 4.86. The molecule has 1 aromatic carbocycles. The van der Waals surface area contributed by atoms with Gasteiger partial charge in [0.15, 0.2) is 0 Å². The van der Waals surface area contributed by atoms with Crippen molar-refractivity contribution in [2.45, 2.75) is 25.8 Å². The van der Waals surface area contributed by atoms with Gasteiger partial charge in [-0.15, -0.1) is 0 Å². The number of rotatable bonds is 3. The topological polar surface area (TPSA) is 40.7 Å². The number of hydrogen-bond donors (Lipinski definition) is 2. The zero-order valence-corrected chi connectivity index (χ0v) is 12.0. The lowest BCUT2D eigenvalue weighted by atomic mass is 10.0. The number of fused-ring (bicyclic) bond motifs is 1. The maximum atomic E-state index is 4.42. The second-order valence-corrected chi connectivity index (χ2v) is 5.53. The quantitative estimate of drug-likeness (QED) is 0.915. The Kier molecular flexibility index (Phi) is 3.22. The van der Waals surface area contributed by atoms with Gasteiger partial charge in [-0.05, 0) is 59.4 Å². The molecule has 1 heterocycles. The van der Waals surface area contributed by atoms with Crippen LogP contribution in [0.5, 0.6) is 0 Å². The summed E-state index contributed by atoms with van der Waals surface area (Å²) < 4.78 is 1.06. The van der Waals surface area contributed by atoms with Gasteiger partial charge in [-0.25, -0.2) is 0 Å². The van der Waals surface area contributed by atoms with Crippen molar-refractivity contribution in [2.24, 2.45) is 0 Å². The van der Waals surface area contributed by atoms with Crippen molar-refractivity contribution in [2.75, 3.05) is 7.05 Å². The summed E-state index contributed by atoms with van der Waals surface area (Å²) in [5.74, 6) is 0. The molecule has 0 aliphatic heterocycles. The Morgan fingerprint density at radius 3 is 3.00 bits per heavy atom. The minimum absolute atomic E-state index is 0.790. The molecule has 0 amide bonds. The van der Waals surface area contributed by atoms with Crippen LogP contribution in [-0.4, -0.2) is 17.2 Å². The molecule has 2 N–H and O–H groups in total. The molecule has 0 atom stereocenters. The molecule has 18 heavy (non-hydrogen) atoms. The maximum absolute atomic E-state index is 4.42. The number of hydrogen-bond acceptors (Lipinski definition) is 2. The molecule has 0 bridgehead atoms. The molecule has 0 fully saturated rings. The zero-order valence-electron chi connectivity index (χ0n) is 10.4. The maximum Gasteiger partial charge on any atom is 0.107 e. The van der Waals surface area contributed by atoms with Crippen molar-refractivity contribution in [3.63, 3.8) is 0 Å².